The molecule has 16 heavy (non-hydrogen) atoms. The van der Waals surface area contributed by atoms with Gasteiger partial charge >= 0.3 is 0 Å². The first kappa shape index (κ1) is 11.3. The Morgan fingerprint density at radius 3 is 2.44 bits per heavy atom. The van der Waals surface area contributed by atoms with Gasteiger partial charge in [-0.2, -0.15) is 4.98 Å². The maximum atomic E-state index is 11.3. The van der Waals surface area contributed by atoms with Gasteiger partial charge in [0.2, 0.25) is 15.7 Å². The highest BCUT2D eigenvalue weighted by atomic mass is 32.2. The minimum absolute atomic E-state index is 0.271. The largest absolute Gasteiger partial charge is 0.493 e. The van der Waals surface area contributed by atoms with Crippen molar-refractivity contribution in [2.75, 3.05) is 6.26 Å². The van der Waals surface area contributed by atoms with Gasteiger partial charge < -0.3 is 5.11 Å². The van der Waals surface area contributed by atoms with Crippen LogP contribution in [0.3, 0.4) is 0 Å². The molecule has 0 fully saturated rings. The number of aromatic nitrogens is 2. The lowest BCUT2D eigenvalue weighted by Crippen LogP contribution is -2.03. The summed E-state index contributed by atoms with van der Waals surface area (Å²) in [5, 5.41) is 9.90. The number of thiophene rings is 1. The van der Waals surface area contributed by atoms with Gasteiger partial charge in [-0.25, -0.2) is 13.4 Å². The van der Waals surface area contributed by atoms with Crippen LogP contribution in [0.5, 0.6) is 5.88 Å². The van der Waals surface area contributed by atoms with Crippen LogP contribution in [0.4, 0.5) is 0 Å². The molecule has 1 N–H and O–H groups in total. The molecule has 5 nitrogen and oxygen atoms in total. The van der Waals surface area contributed by atoms with E-state index in [1.807, 2.05) is 13.8 Å². The van der Waals surface area contributed by atoms with Crippen molar-refractivity contribution in [3.8, 4) is 5.88 Å². The van der Waals surface area contributed by atoms with Crippen LogP contribution in [0.15, 0.2) is 5.16 Å². The van der Waals surface area contributed by atoms with Crippen LogP contribution in [0.25, 0.3) is 10.2 Å². The third-order valence-corrected chi connectivity index (χ3v) is 4.27. The Morgan fingerprint density at radius 2 is 1.88 bits per heavy atom. The van der Waals surface area contributed by atoms with Crippen LogP contribution in [0.1, 0.15) is 10.4 Å². The number of fused-ring (bicyclic) bond motifs is 1. The quantitative estimate of drug-likeness (QED) is 0.782. The molecule has 0 amide bonds. The molecule has 0 radical (unpaired) electrons. The van der Waals surface area contributed by atoms with Crippen LogP contribution in [0.2, 0.25) is 0 Å². The lowest BCUT2D eigenvalue weighted by molar-refractivity contribution is 0.451. The van der Waals surface area contributed by atoms with Gasteiger partial charge in [0.05, 0.1) is 5.39 Å². The van der Waals surface area contributed by atoms with Crippen LogP contribution in [0, 0.1) is 13.8 Å². The maximum absolute atomic E-state index is 11.3. The predicted octanol–water partition coefficient (Wildman–Crippen LogP) is 1.42. The lowest BCUT2D eigenvalue weighted by atomic mass is 10.2. The first-order valence-electron chi connectivity index (χ1n) is 4.47. The molecular weight excluding hydrogens is 248 g/mol. The highest BCUT2D eigenvalue weighted by Crippen LogP contribution is 2.34. The van der Waals surface area contributed by atoms with E-state index in [1.54, 1.807) is 0 Å². The van der Waals surface area contributed by atoms with Gasteiger partial charge in [-0.15, -0.1) is 11.3 Å². The average molecular weight is 258 g/mol. The van der Waals surface area contributed by atoms with Gasteiger partial charge in [0.25, 0.3) is 5.16 Å². The Bertz CT molecular complexity index is 674. The summed E-state index contributed by atoms with van der Waals surface area (Å²) < 4.78 is 22.6. The minimum atomic E-state index is -3.50. The van der Waals surface area contributed by atoms with Gasteiger partial charge in [-0.3, -0.25) is 0 Å². The van der Waals surface area contributed by atoms with Crippen molar-refractivity contribution in [2.45, 2.75) is 19.0 Å². The van der Waals surface area contributed by atoms with E-state index in [-0.39, 0.29) is 11.0 Å². The molecule has 0 atom stereocenters. The normalized spacial score (nSPS) is 12.2. The van der Waals surface area contributed by atoms with E-state index in [0.29, 0.717) is 10.2 Å². The van der Waals surface area contributed by atoms with Crippen LogP contribution < -0.4 is 0 Å². The van der Waals surface area contributed by atoms with Crippen molar-refractivity contribution in [1.29, 1.82) is 0 Å². The van der Waals surface area contributed by atoms with E-state index < -0.39 is 9.84 Å². The number of hydrogen-bond donors (Lipinski definition) is 1. The van der Waals surface area contributed by atoms with Gasteiger partial charge in [0.1, 0.15) is 4.83 Å². The number of aromatic hydroxyl groups is 1. The minimum Gasteiger partial charge on any atom is -0.493 e. The number of hydrogen-bond acceptors (Lipinski definition) is 6. The topological polar surface area (TPSA) is 80.2 Å². The SMILES string of the molecule is Cc1sc2nc(S(C)(=O)=O)nc(O)c2c1C. The molecule has 2 aromatic heterocycles. The van der Waals surface area contributed by atoms with E-state index >= 15 is 0 Å². The van der Waals surface area contributed by atoms with Gasteiger partial charge in [0, 0.05) is 11.1 Å². The molecule has 0 aliphatic heterocycles. The Balaban J connectivity index is 2.89. The van der Waals surface area contributed by atoms with Crippen LogP contribution in [-0.2, 0) is 9.84 Å². The number of aryl methyl sites for hydroxylation is 2. The summed E-state index contributed by atoms with van der Waals surface area (Å²) in [5.41, 5.74) is 0.887. The third kappa shape index (κ3) is 1.65. The zero-order chi connectivity index (χ0) is 12.1. The Morgan fingerprint density at radius 1 is 1.25 bits per heavy atom. The van der Waals surface area contributed by atoms with E-state index in [2.05, 4.69) is 9.97 Å². The summed E-state index contributed by atoms with van der Waals surface area (Å²) >= 11 is 1.35. The Kier molecular flexibility index (Phi) is 2.39. The Labute approximate surface area is 96.7 Å². The molecule has 86 valence electrons. The maximum Gasteiger partial charge on any atom is 0.251 e. The first-order valence-corrected chi connectivity index (χ1v) is 7.18. The molecule has 7 heteroatoms. The molecule has 0 saturated carbocycles. The van der Waals surface area contributed by atoms with Crippen molar-refractivity contribution in [2.24, 2.45) is 0 Å². The van der Waals surface area contributed by atoms with Crippen LogP contribution in [-0.4, -0.2) is 29.7 Å². The molecule has 0 aliphatic carbocycles. The Hall–Kier alpha value is -1.21. The van der Waals surface area contributed by atoms with Crippen molar-refractivity contribution in [1.82, 2.24) is 9.97 Å². The number of sulfone groups is 1. The zero-order valence-corrected chi connectivity index (χ0v) is 10.6. The zero-order valence-electron chi connectivity index (χ0n) is 8.97. The second-order valence-corrected chi connectivity index (χ2v) is 6.68. The van der Waals surface area contributed by atoms with E-state index in [9.17, 15) is 13.5 Å². The highest BCUT2D eigenvalue weighted by Gasteiger charge is 2.18. The fourth-order valence-electron chi connectivity index (χ4n) is 1.38. The summed E-state index contributed by atoms with van der Waals surface area (Å²) in [6, 6.07) is 0. The van der Waals surface area contributed by atoms with Gasteiger partial charge in [0.15, 0.2) is 0 Å². The fraction of sp³-hybridized carbons (Fsp3) is 0.333. The van der Waals surface area contributed by atoms with Crippen molar-refractivity contribution < 1.29 is 13.5 Å². The predicted molar refractivity (Wildman–Crippen MR) is 61.7 cm³/mol. The van der Waals surface area contributed by atoms with Crippen LogP contribution >= 0.6 is 11.3 Å². The summed E-state index contributed by atoms with van der Waals surface area (Å²) in [4.78, 5) is 9.05. The molecule has 0 unspecified atom stereocenters. The second kappa shape index (κ2) is 3.39. The molecular formula is C9H10N2O3S2. The van der Waals surface area contributed by atoms with Gasteiger partial charge in [-0.05, 0) is 19.4 Å². The molecule has 0 aliphatic rings. The monoisotopic (exact) mass is 258 g/mol. The smallest absolute Gasteiger partial charge is 0.251 e. The molecule has 2 aromatic rings. The van der Waals surface area contributed by atoms with Crippen molar-refractivity contribution >= 4 is 31.4 Å². The second-order valence-electron chi connectivity index (χ2n) is 3.57. The average Bonchev–Trinajstić information content (AvgIpc) is 2.41. The molecule has 2 heterocycles. The third-order valence-electron chi connectivity index (χ3n) is 2.32. The molecule has 0 bridgehead atoms. The van der Waals surface area contributed by atoms with Gasteiger partial charge in [-0.1, -0.05) is 0 Å². The standard InChI is InChI=1S/C9H10N2O3S2/c1-4-5(2)15-8-6(4)7(12)10-9(11-8)16(3,13)14/h1-3H3,(H,10,11,12). The molecule has 2 rings (SSSR count). The number of nitrogens with zero attached hydrogens (tertiary/aromatic N) is 2. The number of rotatable bonds is 1. The lowest BCUT2D eigenvalue weighted by Gasteiger charge is -1.99. The van der Waals surface area contributed by atoms with E-state index in [1.165, 1.54) is 11.3 Å². The van der Waals surface area contributed by atoms with Crippen molar-refractivity contribution in [3.63, 3.8) is 0 Å². The molecule has 0 saturated heterocycles. The van der Waals surface area contributed by atoms with E-state index in [4.69, 9.17) is 0 Å². The van der Waals surface area contributed by atoms with Crippen molar-refractivity contribution in [3.05, 3.63) is 10.4 Å². The summed E-state index contributed by atoms with van der Waals surface area (Å²) in [5.74, 6) is -0.271. The van der Waals surface area contributed by atoms with E-state index in [0.717, 1.165) is 16.7 Å². The molecule has 0 aromatic carbocycles. The molecule has 0 spiro atoms. The summed E-state index contributed by atoms with van der Waals surface area (Å²) in [6.07, 6.45) is 1.01. The first-order chi connectivity index (χ1) is 7.30. The fourth-order valence-corrected chi connectivity index (χ4v) is 2.97. The summed E-state index contributed by atoms with van der Waals surface area (Å²) in [7, 11) is -3.50. The summed E-state index contributed by atoms with van der Waals surface area (Å²) in [6.45, 7) is 3.73. The highest BCUT2D eigenvalue weighted by molar-refractivity contribution is 7.90.